The summed E-state index contributed by atoms with van der Waals surface area (Å²) in [6.07, 6.45) is 2.11. The highest BCUT2D eigenvalue weighted by Crippen LogP contribution is 2.27. The highest BCUT2D eigenvalue weighted by atomic mass is 35.5. The number of nitrogens with one attached hydrogen (secondary N) is 2. The number of carbonyl (C=O) groups excluding carboxylic acids is 1. The van der Waals surface area contributed by atoms with Gasteiger partial charge in [-0.15, -0.1) is 28.8 Å². The van der Waals surface area contributed by atoms with Crippen molar-refractivity contribution in [3.63, 3.8) is 0 Å². The van der Waals surface area contributed by atoms with Crippen LogP contribution in [0.1, 0.15) is 30.4 Å². The van der Waals surface area contributed by atoms with Gasteiger partial charge in [-0.25, -0.2) is 9.67 Å². The minimum absolute atomic E-state index is 0. The van der Waals surface area contributed by atoms with Crippen LogP contribution in [-0.4, -0.2) is 40.3 Å². The first-order valence-corrected chi connectivity index (χ1v) is 10.1. The molecule has 0 saturated carbocycles. The predicted octanol–water partition coefficient (Wildman–Crippen LogP) is 3.54. The lowest BCUT2D eigenvalue weighted by Crippen LogP contribution is -2.43. The summed E-state index contributed by atoms with van der Waals surface area (Å²) in [6, 6.07) is 13.7. The van der Waals surface area contributed by atoms with Gasteiger partial charge in [-0.2, -0.15) is 0 Å². The molecule has 0 bridgehead atoms. The van der Waals surface area contributed by atoms with E-state index in [-0.39, 0.29) is 29.6 Å². The lowest BCUT2D eigenvalue weighted by molar-refractivity contribution is 0.0912. The van der Waals surface area contributed by atoms with E-state index in [0.29, 0.717) is 12.4 Å². The van der Waals surface area contributed by atoms with E-state index in [1.807, 2.05) is 47.8 Å². The van der Waals surface area contributed by atoms with Crippen molar-refractivity contribution in [1.82, 2.24) is 25.4 Å². The molecule has 0 atom stereocenters. The fourth-order valence-corrected chi connectivity index (χ4v) is 4.00. The van der Waals surface area contributed by atoms with Gasteiger partial charge < -0.3 is 10.6 Å². The van der Waals surface area contributed by atoms with Crippen LogP contribution < -0.4 is 10.6 Å². The Morgan fingerprint density at radius 3 is 2.64 bits per heavy atom. The number of hydrogen-bond acceptors (Lipinski definition) is 5. The molecule has 8 heteroatoms. The molecule has 6 nitrogen and oxygen atoms in total. The second-order valence-electron chi connectivity index (χ2n) is 7.23. The Kier molecular flexibility index (Phi) is 6.49. The highest BCUT2D eigenvalue weighted by molar-refractivity contribution is 7.13. The standard InChI is InChI=1S/C20H23N5OS.ClH/c1-20(9-11-21-12-10-20)14-22-19(26)17-23-18(16-8-5-13-27-16)25(24-17)15-6-3-2-4-7-15;/h2-8,13,21H,9-12,14H2,1H3,(H,22,26);1H. The average Bonchev–Trinajstić information content (AvgIpc) is 3.37. The van der Waals surface area contributed by atoms with Gasteiger partial charge in [-0.1, -0.05) is 31.2 Å². The van der Waals surface area contributed by atoms with E-state index in [1.54, 1.807) is 16.0 Å². The third-order valence-electron chi connectivity index (χ3n) is 5.04. The van der Waals surface area contributed by atoms with Crippen LogP contribution in [0.2, 0.25) is 0 Å². The first kappa shape index (κ1) is 20.5. The van der Waals surface area contributed by atoms with Gasteiger partial charge in [0.2, 0.25) is 5.82 Å². The molecule has 1 saturated heterocycles. The molecule has 2 N–H and O–H groups in total. The highest BCUT2D eigenvalue weighted by Gasteiger charge is 2.28. The predicted molar refractivity (Wildman–Crippen MR) is 114 cm³/mol. The molecule has 1 amide bonds. The fraction of sp³-hybridized carbons (Fsp3) is 0.350. The smallest absolute Gasteiger partial charge is 0.291 e. The molecule has 0 radical (unpaired) electrons. The van der Waals surface area contributed by atoms with E-state index in [1.165, 1.54) is 0 Å². The summed E-state index contributed by atoms with van der Waals surface area (Å²) in [6.45, 7) is 4.86. The quantitative estimate of drug-likeness (QED) is 0.666. The summed E-state index contributed by atoms with van der Waals surface area (Å²) >= 11 is 1.58. The number of aromatic nitrogens is 3. The number of para-hydroxylation sites is 1. The molecule has 1 aliphatic heterocycles. The Balaban J connectivity index is 0.00000225. The topological polar surface area (TPSA) is 71.8 Å². The minimum Gasteiger partial charge on any atom is -0.349 e. The molecule has 1 fully saturated rings. The molecule has 2 aromatic heterocycles. The maximum Gasteiger partial charge on any atom is 0.291 e. The van der Waals surface area contributed by atoms with Gasteiger partial charge in [0.05, 0.1) is 10.6 Å². The van der Waals surface area contributed by atoms with Crippen LogP contribution in [0.15, 0.2) is 47.8 Å². The lowest BCUT2D eigenvalue weighted by atomic mass is 9.81. The number of thiophene rings is 1. The number of halogens is 1. The largest absolute Gasteiger partial charge is 0.349 e. The third-order valence-corrected chi connectivity index (χ3v) is 5.90. The van der Waals surface area contributed by atoms with Crippen LogP contribution in [0.4, 0.5) is 0 Å². The lowest BCUT2D eigenvalue weighted by Gasteiger charge is -2.33. The molecule has 1 aromatic carbocycles. The van der Waals surface area contributed by atoms with E-state index in [4.69, 9.17) is 0 Å². The van der Waals surface area contributed by atoms with Crippen LogP contribution in [0.25, 0.3) is 16.4 Å². The van der Waals surface area contributed by atoms with Crippen LogP contribution in [0.5, 0.6) is 0 Å². The molecule has 4 rings (SSSR count). The van der Waals surface area contributed by atoms with Crippen molar-refractivity contribution in [3.05, 3.63) is 53.7 Å². The van der Waals surface area contributed by atoms with Crippen molar-refractivity contribution >= 4 is 29.7 Å². The summed E-state index contributed by atoms with van der Waals surface area (Å²) in [4.78, 5) is 18.3. The summed E-state index contributed by atoms with van der Waals surface area (Å²) in [7, 11) is 0. The zero-order valence-electron chi connectivity index (χ0n) is 15.7. The number of rotatable bonds is 5. The zero-order chi connectivity index (χ0) is 18.7. The molecule has 3 heterocycles. The second-order valence-corrected chi connectivity index (χ2v) is 8.17. The zero-order valence-corrected chi connectivity index (χ0v) is 17.4. The number of amides is 1. The molecule has 0 unspecified atom stereocenters. The van der Waals surface area contributed by atoms with Crippen molar-refractivity contribution < 1.29 is 4.79 Å². The molecule has 0 spiro atoms. The number of nitrogens with zero attached hydrogens (tertiary/aromatic N) is 3. The molecular weight excluding hydrogens is 394 g/mol. The first-order chi connectivity index (χ1) is 13.1. The molecule has 0 aliphatic carbocycles. The summed E-state index contributed by atoms with van der Waals surface area (Å²) in [5.41, 5.74) is 1.01. The van der Waals surface area contributed by atoms with Crippen molar-refractivity contribution in [2.75, 3.05) is 19.6 Å². The van der Waals surface area contributed by atoms with E-state index in [9.17, 15) is 4.79 Å². The Bertz CT molecular complexity index is 904. The number of carbonyl (C=O) groups is 1. The minimum atomic E-state index is -0.220. The van der Waals surface area contributed by atoms with Crippen molar-refractivity contribution in [1.29, 1.82) is 0 Å². The Hall–Kier alpha value is -2.22. The van der Waals surface area contributed by atoms with Gasteiger partial charge >= 0.3 is 0 Å². The van der Waals surface area contributed by atoms with E-state index in [2.05, 4.69) is 27.6 Å². The molecule has 148 valence electrons. The normalized spacial score (nSPS) is 15.6. The SMILES string of the molecule is CC1(CNC(=O)c2nc(-c3cccs3)n(-c3ccccc3)n2)CCNCC1.Cl. The van der Waals surface area contributed by atoms with Gasteiger partial charge in [0.1, 0.15) is 0 Å². The van der Waals surface area contributed by atoms with Gasteiger partial charge in [-0.3, -0.25) is 4.79 Å². The van der Waals surface area contributed by atoms with Crippen molar-refractivity contribution in [2.45, 2.75) is 19.8 Å². The second kappa shape index (κ2) is 8.86. The number of hydrogen-bond donors (Lipinski definition) is 2. The Morgan fingerprint density at radius 2 is 1.96 bits per heavy atom. The number of benzene rings is 1. The molecular formula is C20H24ClN5OS. The Morgan fingerprint density at radius 1 is 1.21 bits per heavy atom. The van der Waals surface area contributed by atoms with Crippen LogP contribution in [0, 0.1) is 5.41 Å². The van der Waals surface area contributed by atoms with Crippen LogP contribution in [0.3, 0.4) is 0 Å². The maximum atomic E-state index is 12.7. The molecule has 28 heavy (non-hydrogen) atoms. The van der Waals surface area contributed by atoms with Crippen molar-refractivity contribution in [2.24, 2.45) is 5.41 Å². The maximum absolute atomic E-state index is 12.7. The number of piperidine rings is 1. The van der Waals surface area contributed by atoms with E-state index < -0.39 is 0 Å². The molecule has 3 aromatic rings. The average molecular weight is 418 g/mol. The molecule has 1 aliphatic rings. The third kappa shape index (κ3) is 4.43. The van der Waals surface area contributed by atoms with Gasteiger partial charge in [0.25, 0.3) is 5.91 Å². The summed E-state index contributed by atoms with van der Waals surface area (Å²) in [5, 5.41) is 12.9. The summed E-state index contributed by atoms with van der Waals surface area (Å²) in [5.74, 6) is 0.677. The van der Waals surface area contributed by atoms with Gasteiger partial charge in [0, 0.05) is 6.54 Å². The van der Waals surface area contributed by atoms with E-state index >= 15 is 0 Å². The van der Waals surface area contributed by atoms with Gasteiger partial charge in [0.15, 0.2) is 5.82 Å². The Labute approximate surface area is 174 Å². The van der Waals surface area contributed by atoms with Crippen molar-refractivity contribution in [3.8, 4) is 16.4 Å². The van der Waals surface area contributed by atoms with Crippen LogP contribution in [-0.2, 0) is 0 Å². The fourth-order valence-electron chi connectivity index (χ4n) is 3.30. The first-order valence-electron chi connectivity index (χ1n) is 9.20. The monoisotopic (exact) mass is 417 g/mol. The summed E-state index contributed by atoms with van der Waals surface area (Å²) < 4.78 is 1.74. The van der Waals surface area contributed by atoms with Crippen LogP contribution >= 0.6 is 23.7 Å². The van der Waals surface area contributed by atoms with E-state index in [0.717, 1.165) is 36.5 Å². The van der Waals surface area contributed by atoms with Gasteiger partial charge in [-0.05, 0) is 54.9 Å².